The van der Waals surface area contributed by atoms with Crippen LogP contribution in [0.25, 0.3) is 0 Å². The molecule has 0 aromatic heterocycles. The average molecular weight is 238 g/mol. The van der Waals surface area contributed by atoms with E-state index in [0.29, 0.717) is 0 Å². The second kappa shape index (κ2) is 7.66. The molecule has 0 saturated carbocycles. The van der Waals surface area contributed by atoms with Gasteiger partial charge in [-0.2, -0.15) is 0 Å². The minimum Gasteiger partial charge on any atom is -0.394 e. The molecule has 0 radical (unpaired) electrons. The molecule has 6 nitrogen and oxygen atoms in total. The molecule has 82 valence electrons. The van der Waals surface area contributed by atoms with Crippen LogP contribution in [0.3, 0.4) is 0 Å². The third-order valence-electron chi connectivity index (χ3n) is 1.51. The Hall–Kier alpha value is 0.279. The van der Waals surface area contributed by atoms with Crippen molar-refractivity contribution in [3.63, 3.8) is 0 Å². The molecule has 0 aliphatic rings. The van der Waals surface area contributed by atoms with Crippen molar-refractivity contribution in [3.05, 3.63) is 0 Å². The van der Waals surface area contributed by atoms with Gasteiger partial charge >= 0.3 is 0 Å². The Labute approximate surface area is 85.9 Å². The number of rotatable bonds is 5. The van der Waals surface area contributed by atoms with E-state index < -0.39 is 37.6 Å². The van der Waals surface area contributed by atoms with Crippen molar-refractivity contribution >= 4 is 0 Å². The smallest absolute Gasteiger partial charge is 0.111 e. The molecule has 0 aromatic rings. The summed E-state index contributed by atoms with van der Waals surface area (Å²) in [7, 11) is 0. The average Bonchev–Trinajstić information content (AvgIpc) is 2.12. The zero-order valence-corrected chi connectivity index (χ0v) is 7.86. The summed E-state index contributed by atoms with van der Waals surface area (Å²) in [5.74, 6) is 0. The summed E-state index contributed by atoms with van der Waals surface area (Å²) in [6, 6.07) is 0. The van der Waals surface area contributed by atoms with Gasteiger partial charge in [0.05, 0.1) is 13.2 Å². The number of aliphatic hydroxyl groups excluding tert-OH is 6. The van der Waals surface area contributed by atoms with Crippen LogP contribution in [0, 0.1) is 0 Å². The van der Waals surface area contributed by atoms with Gasteiger partial charge in [0.2, 0.25) is 0 Å². The summed E-state index contributed by atoms with van der Waals surface area (Å²) < 4.78 is 0. The van der Waals surface area contributed by atoms with Crippen molar-refractivity contribution in [3.8, 4) is 0 Å². The predicted octanol–water partition coefficient (Wildman–Crippen LogP) is -3.59. The summed E-state index contributed by atoms with van der Waals surface area (Å²) in [4.78, 5) is 0. The summed E-state index contributed by atoms with van der Waals surface area (Å²) in [6.45, 7) is -1.45. The standard InChI is InChI=1S/C6H14O6.Fe/c7-1-3(9)5(11)6(12)4(10)2-8;/h3-12H,1-2H2;. The molecule has 4 unspecified atom stereocenters. The maximum atomic E-state index is 8.96. The normalized spacial score (nSPS) is 19.8. The van der Waals surface area contributed by atoms with Crippen LogP contribution < -0.4 is 0 Å². The van der Waals surface area contributed by atoms with Gasteiger partial charge in [-0.3, -0.25) is 0 Å². The largest absolute Gasteiger partial charge is 0.394 e. The quantitative estimate of drug-likeness (QED) is 0.275. The van der Waals surface area contributed by atoms with Crippen LogP contribution in [-0.4, -0.2) is 68.3 Å². The second-order valence-corrected chi connectivity index (χ2v) is 2.48. The molecule has 6 N–H and O–H groups in total. The summed E-state index contributed by atoms with van der Waals surface area (Å²) in [6.07, 6.45) is -6.39. The molecule has 13 heavy (non-hydrogen) atoms. The van der Waals surface area contributed by atoms with Gasteiger partial charge in [0.1, 0.15) is 24.4 Å². The van der Waals surface area contributed by atoms with Crippen LogP contribution in [0.5, 0.6) is 0 Å². The minimum absolute atomic E-state index is 0. The van der Waals surface area contributed by atoms with Crippen LogP contribution in [0.4, 0.5) is 0 Å². The Morgan fingerprint density at radius 2 is 0.923 bits per heavy atom. The zero-order chi connectivity index (χ0) is 9.72. The topological polar surface area (TPSA) is 121 Å². The van der Waals surface area contributed by atoms with Crippen molar-refractivity contribution in [2.24, 2.45) is 0 Å². The van der Waals surface area contributed by atoms with E-state index in [2.05, 4.69) is 0 Å². The Balaban J connectivity index is 0. The van der Waals surface area contributed by atoms with Gasteiger partial charge in [0.15, 0.2) is 0 Å². The molecule has 7 heteroatoms. The van der Waals surface area contributed by atoms with Crippen LogP contribution >= 0.6 is 0 Å². The number of aliphatic hydroxyl groups is 6. The fourth-order valence-corrected chi connectivity index (χ4v) is 0.671. The molecule has 0 saturated heterocycles. The van der Waals surface area contributed by atoms with Gasteiger partial charge in [-0.25, -0.2) is 0 Å². The maximum absolute atomic E-state index is 8.96. The van der Waals surface area contributed by atoms with Crippen molar-refractivity contribution in [1.82, 2.24) is 0 Å². The van der Waals surface area contributed by atoms with Gasteiger partial charge in [-0.1, -0.05) is 0 Å². The van der Waals surface area contributed by atoms with Gasteiger partial charge in [-0.05, 0) is 0 Å². The van der Waals surface area contributed by atoms with E-state index in [1.165, 1.54) is 0 Å². The first-order valence-corrected chi connectivity index (χ1v) is 3.48. The summed E-state index contributed by atoms with van der Waals surface area (Å²) in [5, 5.41) is 52.2. The van der Waals surface area contributed by atoms with Crippen LogP contribution in [0.1, 0.15) is 0 Å². The van der Waals surface area contributed by atoms with E-state index in [9.17, 15) is 0 Å². The molecule has 0 spiro atoms. The molecule has 0 heterocycles. The Morgan fingerprint density at radius 3 is 1.08 bits per heavy atom. The molecule has 0 fully saturated rings. The van der Waals surface area contributed by atoms with Crippen molar-refractivity contribution < 1.29 is 47.7 Å². The third-order valence-corrected chi connectivity index (χ3v) is 1.51. The van der Waals surface area contributed by atoms with Gasteiger partial charge in [0.25, 0.3) is 0 Å². The van der Waals surface area contributed by atoms with Gasteiger partial charge in [0, 0.05) is 17.1 Å². The Kier molecular flexibility index (Phi) is 9.28. The first kappa shape index (κ1) is 15.7. The van der Waals surface area contributed by atoms with Gasteiger partial charge in [-0.15, -0.1) is 0 Å². The van der Waals surface area contributed by atoms with Crippen molar-refractivity contribution in [2.75, 3.05) is 13.2 Å². The SMILES string of the molecule is OCC(O)C(O)C(O)C(O)CO.[Fe]. The van der Waals surface area contributed by atoms with Gasteiger partial charge < -0.3 is 30.6 Å². The molecular weight excluding hydrogens is 224 g/mol. The Bertz CT molecular complexity index is 110. The van der Waals surface area contributed by atoms with Crippen LogP contribution in [0.2, 0.25) is 0 Å². The third kappa shape index (κ3) is 4.90. The molecule has 0 aliphatic carbocycles. The van der Waals surface area contributed by atoms with Crippen molar-refractivity contribution in [2.45, 2.75) is 24.4 Å². The molecule has 0 amide bonds. The first-order valence-electron chi connectivity index (χ1n) is 3.48. The van der Waals surface area contributed by atoms with Crippen molar-refractivity contribution in [1.29, 1.82) is 0 Å². The zero-order valence-electron chi connectivity index (χ0n) is 6.76. The van der Waals surface area contributed by atoms with E-state index in [4.69, 9.17) is 30.6 Å². The van der Waals surface area contributed by atoms with E-state index in [1.54, 1.807) is 0 Å². The molecule has 0 aliphatic heterocycles. The number of hydrogen-bond acceptors (Lipinski definition) is 6. The maximum Gasteiger partial charge on any atom is 0.111 e. The summed E-state index contributed by atoms with van der Waals surface area (Å²) >= 11 is 0. The van der Waals surface area contributed by atoms with E-state index in [-0.39, 0.29) is 17.1 Å². The monoisotopic (exact) mass is 238 g/mol. The molecule has 0 aromatic carbocycles. The summed E-state index contributed by atoms with van der Waals surface area (Å²) in [5.41, 5.74) is 0. The van der Waals surface area contributed by atoms with Crippen LogP contribution in [-0.2, 0) is 17.1 Å². The Morgan fingerprint density at radius 1 is 0.692 bits per heavy atom. The fourth-order valence-electron chi connectivity index (χ4n) is 0.671. The number of hydrogen-bond donors (Lipinski definition) is 6. The second-order valence-electron chi connectivity index (χ2n) is 2.48. The molecular formula is C6H14FeO6. The van der Waals surface area contributed by atoms with Crippen LogP contribution in [0.15, 0.2) is 0 Å². The fraction of sp³-hybridized carbons (Fsp3) is 1.00. The molecule has 4 atom stereocenters. The van der Waals surface area contributed by atoms with E-state index in [0.717, 1.165) is 0 Å². The predicted molar refractivity (Wildman–Crippen MR) is 38.2 cm³/mol. The first-order chi connectivity index (χ1) is 5.54. The molecule has 0 rings (SSSR count). The van der Waals surface area contributed by atoms with E-state index in [1.807, 2.05) is 0 Å². The minimum atomic E-state index is -1.67. The van der Waals surface area contributed by atoms with E-state index >= 15 is 0 Å². The molecule has 0 bridgehead atoms.